The van der Waals surface area contributed by atoms with Crippen LogP contribution >= 0.6 is 0 Å². The summed E-state index contributed by atoms with van der Waals surface area (Å²) in [6.07, 6.45) is 0.637. The number of benzene rings is 2. The van der Waals surface area contributed by atoms with E-state index in [4.69, 9.17) is 9.47 Å². The fourth-order valence-electron chi connectivity index (χ4n) is 4.21. The van der Waals surface area contributed by atoms with Gasteiger partial charge in [-0.15, -0.1) is 0 Å². The average molecular weight is 483 g/mol. The maximum Gasteiger partial charge on any atom is 0.264 e. The molecule has 2 heterocycles. The number of para-hydroxylation sites is 1. The molecule has 0 unspecified atom stereocenters. The van der Waals surface area contributed by atoms with Gasteiger partial charge in [0.2, 0.25) is 11.8 Å². The molecule has 0 aliphatic heterocycles. The molecule has 0 amide bonds. The summed E-state index contributed by atoms with van der Waals surface area (Å²) in [6.45, 7) is 1.01. The van der Waals surface area contributed by atoms with E-state index < -0.39 is 10.0 Å². The standard InChI is InChI=1S/C25H30N4O4S/c1-27(2)15-8-16-29(23-13-14-24(32-4)26-25(23)33-5)34(30,31)18-11-12-22-20(17-18)19-9-6-7-10-21(19)28(22)3/h6-7,9-14,17H,8,15-16H2,1-5H3. The Labute approximate surface area is 200 Å². The van der Waals surface area contributed by atoms with Crippen molar-refractivity contribution in [1.29, 1.82) is 0 Å². The number of fused-ring (bicyclic) bond motifs is 3. The highest BCUT2D eigenvalue weighted by atomic mass is 32.2. The zero-order chi connectivity index (χ0) is 24.5. The van der Waals surface area contributed by atoms with E-state index in [1.807, 2.05) is 56.4 Å². The van der Waals surface area contributed by atoms with Crippen molar-refractivity contribution >= 4 is 37.5 Å². The van der Waals surface area contributed by atoms with Gasteiger partial charge in [-0.25, -0.2) is 8.42 Å². The Bertz CT molecular complexity index is 1430. The zero-order valence-electron chi connectivity index (χ0n) is 20.1. The van der Waals surface area contributed by atoms with Gasteiger partial charge in [0, 0.05) is 41.5 Å². The lowest BCUT2D eigenvalue weighted by Crippen LogP contribution is -2.34. The van der Waals surface area contributed by atoms with Crippen LogP contribution in [0.2, 0.25) is 0 Å². The van der Waals surface area contributed by atoms with Crippen molar-refractivity contribution in [2.45, 2.75) is 11.3 Å². The number of hydrogen-bond donors (Lipinski definition) is 0. The van der Waals surface area contributed by atoms with Crippen LogP contribution < -0.4 is 13.8 Å². The van der Waals surface area contributed by atoms with Gasteiger partial charge in [0.15, 0.2) is 0 Å². The quantitative estimate of drug-likeness (QED) is 0.360. The first-order valence-corrected chi connectivity index (χ1v) is 12.5. The van der Waals surface area contributed by atoms with E-state index >= 15 is 0 Å². The van der Waals surface area contributed by atoms with Gasteiger partial charge < -0.3 is 18.9 Å². The second kappa shape index (κ2) is 9.52. The van der Waals surface area contributed by atoms with Crippen LogP contribution in [-0.4, -0.2) is 64.3 Å². The topological polar surface area (TPSA) is 76.9 Å². The summed E-state index contributed by atoms with van der Waals surface area (Å²) >= 11 is 0. The van der Waals surface area contributed by atoms with Crippen molar-refractivity contribution in [2.75, 3.05) is 45.7 Å². The van der Waals surface area contributed by atoms with Crippen LogP contribution in [0.5, 0.6) is 11.8 Å². The SMILES string of the molecule is COc1ccc(N(CCCN(C)C)S(=O)(=O)c2ccc3c(c2)c2ccccc2n3C)c(OC)n1. The summed E-state index contributed by atoms with van der Waals surface area (Å²) in [7, 11) is 4.97. The Morgan fingerprint density at radius 1 is 0.912 bits per heavy atom. The van der Waals surface area contributed by atoms with Crippen LogP contribution in [0, 0.1) is 0 Å². The highest BCUT2D eigenvalue weighted by Gasteiger charge is 2.29. The van der Waals surface area contributed by atoms with Crippen molar-refractivity contribution in [1.82, 2.24) is 14.5 Å². The summed E-state index contributed by atoms with van der Waals surface area (Å²) in [4.78, 5) is 6.56. The number of pyridine rings is 1. The number of ether oxygens (including phenoxy) is 2. The molecule has 9 heteroatoms. The maximum atomic E-state index is 14.0. The number of anilines is 1. The Morgan fingerprint density at radius 3 is 2.35 bits per heavy atom. The third-order valence-electron chi connectivity index (χ3n) is 5.93. The molecule has 2 aromatic heterocycles. The normalized spacial score (nSPS) is 11.9. The smallest absolute Gasteiger partial charge is 0.264 e. The Morgan fingerprint density at radius 2 is 1.65 bits per heavy atom. The first-order valence-electron chi connectivity index (χ1n) is 11.0. The number of methoxy groups -OCH3 is 2. The first kappa shape index (κ1) is 23.8. The lowest BCUT2D eigenvalue weighted by molar-refractivity contribution is 0.365. The minimum Gasteiger partial charge on any atom is -0.481 e. The minimum atomic E-state index is -3.91. The van der Waals surface area contributed by atoms with Crippen LogP contribution in [0.4, 0.5) is 5.69 Å². The average Bonchev–Trinajstić information content (AvgIpc) is 3.13. The minimum absolute atomic E-state index is 0.194. The van der Waals surface area contributed by atoms with Crippen LogP contribution in [0.15, 0.2) is 59.5 Å². The van der Waals surface area contributed by atoms with Crippen molar-refractivity contribution in [3.63, 3.8) is 0 Å². The molecule has 2 aromatic carbocycles. The number of nitrogens with zero attached hydrogens (tertiary/aromatic N) is 4. The Balaban J connectivity index is 1.85. The second-order valence-corrected chi connectivity index (χ2v) is 10.2. The number of sulfonamides is 1. The molecule has 4 rings (SSSR count). The van der Waals surface area contributed by atoms with Gasteiger partial charge in [-0.3, -0.25) is 4.31 Å². The van der Waals surface area contributed by atoms with E-state index in [9.17, 15) is 8.42 Å². The molecule has 180 valence electrons. The molecule has 34 heavy (non-hydrogen) atoms. The number of aromatic nitrogens is 2. The van der Waals surface area contributed by atoms with Crippen molar-refractivity contribution in [3.05, 3.63) is 54.6 Å². The molecule has 0 spiro atoms. The number of rotatable bonds is 9. The zero-order valence-corrected chi connectivity index (χ0v) is 21.0. The molecule has 0 fully saturated rings. The molecule has 4 aromatic rings. The molecule has 0 N–H and O–H groups in total. The fraction of sp³-hybridized carbons (Fsp3) is 0.320. The van der Waals surface area contributed by atoms with Crippen LogP contribution in [0.1, 0.15) is 6.42 Å². The molecule has 0 aliphatic carbocycles. The molecular weight excluding hydrogens is 452 g/mol. The number of hydrogen-bond acceptors (Lipinski definition) is 6. The molecule has 0 aliphatic rings. The van der Waals surface area contributed by atoms with Gasteiger partial charge in [0.1, 0.15) is 5.69 Å². The van der Waals surface area contributed by atoms with E-state index in [1.165, 1.54) is 18.5 Å². The highest BCUT2D eigenvalue weighted by Crippen LogP contribution is 2.35. The molecule has 0 saturated heterocycles. The maximum absolute atomic E-state index is 14.0. The Hall–Kier alpha value is -3.30. The molecule has 8 nitrogen and oxygen atoms in total. The summed E-state index contributed by atoms with van der Waals surface area (Å²) in [5.74, 6) is 0.544. The summed E-state index contributed by atoms with van der Waals surface area (Å²) in [6, 6.07) is 16.6. The van der Waals surface area contributed by atoms with Gasteiger partial charge >= 0.3 is 0 Å². The van der Waals surface area contributed by atoms with Crippen LogP contribution in [0.25, 0.3) is 21.8 Å². The lowest BCUT2D eigenvalue weighted by Gasteiger charge is -2.26. The predicted octanol–water partition coefficient (Wildman–Crippen LogP) is 3.89. The van der Waals surface area contributed by atoms with Gasteiger partial charge in [0.25, 0.3) is 10.0 Å². The second-order valence-electron chi connectivity index (χ2n) is 8.37. The van der Waals surface area contributed by atoms with Gasteiger partial charge in [-0.05, 0) is 57.4 Å². The number of aryl methyl sites for hydroxylation is 1. The van der Waals surface area contributed by atoms with E-state index in [-0.39, 0.29) is 17.3 Å². The third-order valence-corrected chi connectivity index (χ3v) is 7.73. The lowest BCUT2D eigenvalue weighted by atomic mass is 10.1. The summed E-state index contributed by atoms with van der Waals surface area (Å²) in [5, 5.41) is 1.91. The molecule has 0 atom stereocenters. The van der Waals surface area contributed by atoms with Crippen LogP contribution in [-0.2, 0) is 17.1 Å². The van der Waals surface area contributed by atoms with E-state index in [1.54, 1.807) is 24.3 Å². The van der Waals surface area contributed by atoms with E-state index in [0.717, 1.165) is 28.4 Å². The molecule has 0 bridgehead atoms. The highest BCUT2D eigenvalue weighted by molar-refractivity contribution is 7.92. The fourth-order valence-corrected chi connectivity index (χ4v) is 5.73. The molecule has 0 saturated carbocycles. The monoisotopic (exact) mass is 482 g/mol. The van der Waals surface area contributed by atoms with Crippen LogP contribution in [0.3, 0.4) is 0 Å². The summed E-state index contributed by atoms with van der Waals surface area (Å²) < 4.78 is 42.1. The Kier molecular flexibility index (Phi) is 6.67. The summed E-state index contributed by atoms with van der Waals surface area (Å²) in [5.41, 5.74) is 2.40. The molecular formula is C25H30N4O4S. The van der Waals surface area contributed by atoms with Crippen molar-refractivity contribution in [3.8, 4) is 11.8 Å². The predicted molar refractivity (Wildman–Crippen MR) is 135 cm³/mol. The van der Waals surface area contributed by atoms with Gasteiger partial charge in [0.05, 0.1) is 19.1 Å². The van der Waals surface area contributed by atoms with E-state index in [2.05, 4.69) is 9.55 Å². The van der Waals surface area contributed by atoms with Crippen molar-refractivity contribution < 1.29 is 17.9 Å². The third kappa shape index (κ3) is 4.28. The van der Waals surface area contributed by atoms with E-state index in [0.29, 0.717) is 18.0 Å². The molecule has 0 radical (unpaired) electrons. The first-order chi connectivity index (χ1) is 16.3. The van der Waals surface area contributed by atoms with Crippen molar-refractivity contribution in [2.24, 2.45) is 7.05 Å². The van der Waals surface area contributed by atoms with Gasteiger partial charge in [-0.2, -0.15) is 4.98 Å². The van der Waals surface area contributed by atoms with Gasteiger partial charge in [-0.1, -0.05) is 18.2 Å². The largest absolute Gasteiger partial charge is 0.481 e.